The molecule has 0 radical (unpaired) electrons. The van der Waals surface area contributed by atoms with Gasteiger partial charge in [0.2, 0.25) is 0 Å². The van der Waals surface area contributed by atoms with Gasteiger partial charge < -0.3 is 30.5 Å². The molecule has 0 aliphatic carbocycles. The maximum Gasteiger partial charge on any atom is 0.292 e. The number of aromatic nitrogens is 1. The second kappa shape index (κ2) is 6.92. The van der Waals surface area contributed by atoms with E-state index >= 15 is 0 Å². The van der Waals surface area contributed by atoms with Crippen molar-refractivity contribution in [2.45, 2.75) is 24.5 Å². The Kier molecular flexibility index (Phi) is 5.21. The second-order valence-electron chi connectivity index (χ2n) is 4.75. The minimum Gasteiger partial charge on any atom is -0.395 e. The molecule has 0 saturated carbocycles. The number of aliphatic hydroxyl groups is 4. The lowest BCUT2D eigenvalue weighted by Gasteiger charge is -2.10. The number of nitrogens with zero attached hydrogens (tertiary/aromatic N) is 1. The Morgan fingerprint density at radius 2 is 2.10 bits per heavy atom. The SMILES string of the molecule is O=C(NCCO)c1ccc[n+]([C@@H]2O[C@H](CO)[C@@H](O)[C@H]2O)c1. The van der Waals surface area contributed by atoms with Gasteiger partial charge in [0.25, 0.3) is 12.1 Å². The third-order valence-corrected chi connectivity index (χ3v) is 3.29. The van der Waals surface area contributed by atoms with Crippen LogP contribution in [0.3, 0.4) is 0 Å². The monoisotopic (exact) mass is 299 g/mol. The first-order valence-electron chi connectivity index (χ1n) is 6.60. The quantitative estimate of drug-likeness (QED) is 0.377. The van der Waals surface area contributed by atoms with Crippen LogP contribution in [0.1, 0.15) is 16.6 Å². The van der Waals surface area contributed by atoms with E-state index in [2.05, 4.69) is 5.32 Å². The molecule has 1 amide bonds. The van der Waals surface area contributed by atoms with Crippen LogP contribution in [-0.2, 0) is 4.74 Å². The predicted molar refractivity (Wildman–Crippen MR) is 69.1 cm³/mol. The van der Waals surface area contributed by atoms with E-state index in [0.29, 0.717) is 5.56 Å². The van der Waals surface area contributed by atoms with Gasteiger partial charge in [0.15, 0.2) is 18.5 Å². The Morgan fingerprint density at radius 3 is 2.71 bits per heavy atom. The average Bonchev–Trinajstić information content (AvgIpc) is 2.80. The molecular weight excluding hydrogens is 280 g/mol. The Morgan fingerprint density at radius 1 is 1.33 bits per heavy atom. The van der Waals surface area contributed by atoms with Crippen LogP contribution in [0.25, 0.3) is 0 Å². The number of nitrogens with one attached hydrogen (secondary N) is 1. The first kappa shape index (κ1) is 15.8. The lowest BCUT2D eigenvalue weighted by atomic mass is 10.1. The molecule has 0 aromatic carbocycles. The second-order valence-corrected chi connectivity index (χ2v) is 4.75. The van der Waals surface area contributed by atoms with Crippen LogP contribution in [0.4, 0.5) is 0 Å². The molecule has 1 aromatic heterocycles. The maximum atomic E-state index is 11.8. The van der Waals surface area contributed by atoms with Crippen molar-refractivity contribution in [3.63, 3.8) is 0 Å². The van der Waals surface area contributed by atoms with Crippen LogP contribution < -0.4 is 9.88 Å². The lowest BCUT2D eigenvalue weighted by molar-refractivity contribution is -0.765. The molecule has 1 fully saturated rings. The normalized spacial score (nSPS) is 28.6. The topological polar surface area (TPSA) is 123 Å². The van der Waals surface area contributed by atoms with Crippen LogP contribution in [0.5, 0.6) is 0 Å². The molecule has 21 heavy (non-hydrogen) atoms. The van der Waals surface area contributed by atoms with Gasteiger partial charge in [0.05, 0.1) is 13.2 Å². The number of carbonyl (C=O) groups is 1. The molecule has 5 N–H and O–H groups in total. The van der Waals surface area contributed by atoms with E-state index in [-0.39, 0.29) is 19.1 Å². The molecule has 1 aliphatic heterocycles. The van der Waals surface area contributed by atoms with E-state index in [4.69, 9.17) is 14.9 Å². The molecule has 0 spiro atoms. The summed E-state index contributed by atoms with van der Waals surface area (Å²) in [5.74, 6) is -0.370. The number of hydrogen-bond donors (Lipinski definition) is 5. The summed E-state index contributed by atoms with van der Waals surface area (Å²) >= 11 is 0. The van der Waals surface area contributed by atoms with Crippen LogP contribution in [-0.4, -0.2) is 64.4 Å². The van der Waals surface area contributed by atoms with Crippen molar-refractivity contribution in [2.75, 3.05) is 19.8 Å². The first-order valence-corrected chi connectivity index (χ1v) is 6.60. The molecule has 116 valence electrons. The van der Waals surface area contributed by atoms with Gasteiger partial charge in [-0.2, -0.15) is 4.57 Å². The van der Waals surface area contributed by atoms with Crippen molar-refractivity contribution in [2.24, 2.45) is 0 Å². The third-order valence-electron chi connectivity index (χ3n) is 3.29. The summed E-state index contributed by atoms with van der Waals surface area (Å²) < 4.78 is 6.83. The van der Waals surface area contributed by atoms with Crippen molar-refractivity contribution in [1.82, 2.24) is 5.32 Å². The van der Waals surface area contributed by atoms with E-state index in [1.807, 2.05) is 0 Å². The predicted octanol–water partition coefficient (Wildman–Crippen LogP) is -2.69. The van der Waals surface area contributed by atoms with Gasteiger partial charge in [0.1, 0.15) is 17.8 Å². The smallest absolute Gasteiger partial charge is 0.292 e. The van der Waals surface area contributed by atoms with E-state index in [0.717, 1.165) is 0 Å². The van der Waals surface area contributed by atoms with Gasteiger partial charge in [-0.05, 0) is 6.07 Å². The molecule has 8 nitrogen and oxygen atoms in total. The van der Waals surface area contributed by atoms with Crippen molar-refractivity contribution in [1.29, 1.82) is 0 Å². The molecule has 2 heterocycles. The van der Waals surface area contributed by atoms with Gasteiger partial charge in [-0.15, -0.1) is 0 Å². The van der Waals surface area contributed by atoms with Crippen LogP contribution >= 0.6 is 0 Å². The van der Waals surface area contributed by atoms with Gasteiger partial charge >= 0.3 is 0 Å². The largest absolute Gasteiger partial charge is 0.395 e. The number of rotatable bonds is 5. The van der Waals surface area contributed by atoms with Crippen LogP contribution in [0.2, 0.25) is 0 Å². The molecule has 0 bridgehead atoms. The minimum atomic E-state index is -1.21. The van der Waals surface area contributed by atoms with E-state index in [1.54, 1.807) is 18.3 Å². The Hall–Kier alpha value is -1.58. The number of ether oxygens (including phenoxy) is 1. The fraction of sp³-hybridized carbons (Fsp3) is 0.538. The van der Waals surface area contributed by atoms with E-state index in [1.165, 1.54) is 10.8 Å². The van der Waals surface area contributed by atoms with Gasteiger partial charge in [-0.25, -0.2) is 0 Å². The van der Waals surface area contributed by atoms with Crippen molar-refractivity contribution < 1.29 is 34.5 Å². The van der Waals surface area contributed by atoms with Gasteiger partial charge in [-0.1, -0.05) is 0 Å². The molecular formula is C13H19N2O6+. The molecule has 1 aliphatic rings. The molecule has 4 atom stereocenters. The summed E-state index contributed by atoms with van der Waals surface area (Å²) in [5.41, 5.74) is 0.323. The Bertz CT molecular complexity index is 497. The van der Waals surface area contributed by atoms with Crippen molar-refractivity contribution >= 4 is 5.91 Å². The maximum absolute atomic E-state index is 11.8. The summed E-state index contributed by atoms with van der Waals surface area (Å²) in [6.07, 6.45) is -1.11. The number of aliphatic hydroxyl groups excluding tert-OH is 4. The summed E-state index contributed by atoms with van der Waals surface area (Å²) in [4.78, 5) is 11.8. The minimum absolute atomic E-state index is 0.140. The standard InChI is InChI=1S/C13H18N2O6/c16-5-3-14-12(20)8-2-1-4-15(6-8)13-11(19)10(18)9(7-17)21-13/h1-2,4,6,9-11,13,16-19H,3,5,7H2/p+1/t9-,10-,11-,13-/m1/s1. The molecule has 8 heteroatoms. The lowest BCUT2D eigenvalue weighted by Crippen LogP contribution is -2.46. The number of carbonyl (C=O) groups excluding carboxylic acids is 1. The van der Waals surface area contributed by atoms with Crippen molar-refractivity contribution in [3.05, 3.63) is 30.1 Å². The van der Waals surface area contributed by atoms with Crippen LogP contribution in [0.15, 0.2) is 24.5 Å². The zero-order valence-corrected chi connectivity index (χ0v) is 11.3. The molecule has 2 rings (SSSR count). The fourth-order valence-corrected chi connectivity index (χ4v) is 2.18. The van der Waals surface area contributed by atoms with Gasteiger partial charge in [-0.3, -0.25) is 4.79 Å². The highest BCUT2D eigenvalue weighted by molar-refractivity contribution is 5.93. The third kappa shape index (κ3) is 3.36. The van der Waals surface area contributed by atoms with Gasteiger partial charge in [0, 0.05) is 12.6 Å². The summed E-state index contributed by atoms with van der Waals surface area (Å²) in [6, 6.07) is 3.17. The number of pyridine rings is 1. The number of amides is 1. The first-order chi connectivity index (χ1) is 10.1. The zero-order valence-electron chi connectivity index (χ0n) is 11.3. The molecule has 1 saturated heterocycles. The number of hydrogen-bond acceptors (Lipinski definition) is 6. The molecule has 0 unspecified atom stereocenters. The highest BCUT2D eigenvalue weighted by atomic mass is 16.6. The fourth-order valence-electron chi connectivity index (χ4n) is 2.18. The summed E-state index contributed by atoms with van der Waals surface area (Å²) in [7, 11) is 0. The average molecular weight is 299 g/mol. The zero-order chi connectivity index (χ0) is 15.4. The van der Waals surface area contributed by atoms with Crippen LogP contribution in [0, 0.1) is 0 Å². The highest BCUT2D eigenvalue weighted by Gasteiger charge is 2.47. The Balaban J connectivity index is 2.16. The summed E-state index contributed by atoms with van der Waals surface area (Å²) in [5, 5.41) is 39.9. The van der Waals surface area contributed by atoms with Crippen molar-refractivity contribution in [3.8, 4) is 0 Å². The highest BCUT2D eigenvalue weighted by Crippen LogP contribution is 2.25. The van der Waals surface area contributed by atoms with E-state index < -0.39 is 31.1 Å². The summed E-state index contributed by atoms with van der Waals surface area (Å²) in [6.45, 7) is -0.430. The van der Waals surface area contributed by atoms with E-state index in [9.17, 15) is 15.0 Å². The molecule has 1 aromatic rings. The Labute approximate surface area is 121 Å².